The van der Waals surface area contributed by atoms with Gasteiger partial charge in [-0.1, -0.05) is 0 Å². The Kier molecular flexibility index (Phi) is 5.57. The number of hydrogen-bond acceptors (Lipinski definition) is 3. The lowest BCUT2D eigenvalue weighted by Crippen LogP contribution is -2.40. The summed E-state index contributed by atoms with van der Waals surface area (Å²) in [6.07, 6.45) is 1.52. The van der Waals surface area contributed by atoms with Crippen LogP contribution in [0.25, 0.3) is 0 Å². The molecule has 3 N–H and O–H groups in total. The summed E-state index contributed by atoms with van der Waals surface area (Å²) in [7, 11) is 3.24. The highest BCUT2D eigenvalue weighted by Gasteiger charge is 2.11. The first-order valence-corrected chi connectivity index (χ1v) is 6.02. The maximum atomic E-state index is 11.6. The van der Waals surface area contributed by atoms with Crippen molar-refractivity contribution < 1.29 is 19.5 Å². The molecule has 0 spiro atoms. The van der Waals surface area contributed by atoms with Gasteiger partial charge in [0.1, 0.15) is 12.2 Å². The molecule has 8 heteroatoms. The van der Waals surface area contributed by atoms with Crippen LogP contribution in [-0.2, 0) is 11.3 Å². The number of carbonyl (C=O) groups is 3. The van der Waals surface area contributed by atoms with Gasteiger partial charge in [-0.25, -0.2) is 9.59 Å². The molecule has 3 amide bonds. The Balaban J connectivity index is 2.32. The zero-order valence-electron chi connectivity index (χ0n) is 11.4. The van der Waals surface area contributed by atoms with Crippen LogP contribution in [0.3, 0.4) is 0 Å². The summed E-state index contributed by atoms with van der Waals surface area (Å²) >= 11 is 0. The lowest BCUT2D eigenvalue weighted by atomic mass is 10.4. The highest BCUT2D eigenvalue weighted by Crippen LogP contribution is 2.01. The van der Waals surface area contributed by atoms with Crippen LogP contribution in [0, 0.1) is 0 Å². The molecular formula is C12H18N4O4. The predicted molar refractivity (Wildman–Crippen MR) is 71.5 cm³/mol. The fourth-order valence-electron chi connectivity index (χ4n) is 1.49. The number of carbonyl (C=O) groups excluding carboxylic acids is 2. The smallest absolute Gasteiger partial charge is 0.352 e. The van der Waals surface area contributed by atoms with E-state index in [1.807, 2.05) is 0 Å². The molecule has 0 fully saturated rings. The molecule has 1 rings (SSSR count). The van der Waals surface area contributed by atoms with Gasteiger partial charge >= 0.3 is 12.0 Å². The van der Waals surface area contributed by atoms with Gasteiger partial charge in [0.05, 0.1) is 0 Å². The average Bonchev–Trinajstić information content (AvgIpc) is 2.82. The van der Waals surface area contributed by atoms with E-state index in [9.17, 15) is 14.4 Å². The highest BCUT2D eigenvalue weighted by atomic mass is 16.4. The number of aromatic carboxylic acids is 1. The van der Waals surface area contributed by atoms with Gasteiger partial charge in [0, 0.05) is 33.4 Å². The van der Waals surface area contributed by atoms with Crippen molar-refractivity contribution in [3.63, 3.8) is 0 Å². The molecule has 0 bridgehead atoms. The van der Waals surface area contributed by atoms with E-state index in [1.165, 1.54) is 21.7 Å². The van der Waals surface area contributed by atoms with Crippen LogP contribution in [0.5, 0.6) is 0 Å². The maximum absolute atomic E-state index is 11.6. The van der Waals surface area contributed by atoms with Crippen LogP contribution in [0.2, 0.25) is 0 Å². The molecule has 0 radical (unpaired) electrons. The van der Waals surface area contributed by atoms with Crippen LogP contribution in [0.15, 0.2) is 18.3 Å². The topological polar surface area (TPSA) is 104 Å². The normalized spacial score (nSPS) is 9.90. The lowest BCUT2D eigenvalue weighted by Gasteiger charge is -2.12. The fraction of sp³-hybridized carbons (Fsp3) is 0.417. The Morgan fingerprint density at radius 3 is 2.50 bits per heavy atom. The second-order valence-corrected chi connectivity index (χ2v) is 4.30. The van der Waals surface area contributed by atoms with Crippen LogP contribution in [-0.4, -0.2) is 59.7 Å². The second-order valence-electron chi connectivity index (χ2n) is 4.30. The fourth-order valence-corrected chi connectivity index (χ4v) is 1.49. The van der Waals surface area contributed by atoms with Crippen LogP contribution in [0.4, 0.5) is 4.79 Å². The zero-order chi connectivity index (χ0) is 15.1. The number of urea groups is 1. The first-order chi connectivity index (χ1) is 9.41. The van der Waals surface area contributed by atoms with Crippen LogP contribution < -0.4 is 10.6 Å². The molecule has 0 saturated carbocycles. The number of nitrogens with one attached hydrogen (secondary N) is 2. The molecule has 1 heterocycles. The van der Waals surface area contributed by atoms with Gasteiger partial charge < -0.3 is 25.2 Å². The Morgan fingerprint density at radius 2 is 1.90 bits per heavy atom. The Hall–Kier alpha value is -2.51. The summed E-state index contributed by atoms with van der Waals surface area (Å²) in [6.45, 7) is 0.512. The van der Waals surface area contributed by atoms with Gasteiger partial charge in [-0.2, -0.15) is 0 Å². The minimum atomic E-state index is -1.08. The molecule has 0 unspecified atom stereocenters. The minimum absolute atomic E-state index is 0.0565. The SMILES string of the molecule is CN(C)C(=O)NCCNC(=O)Cn1cccc1C(=O)O. The van der Waals surface area contributed by atoms with Gasteiger partial charge in [0.15, 0.2) is 0 Å². The number of carboxylic acids is 1. The third-order valence-electron chi connectivity index (χ3n) is 2.49. The van der Waals surface area contributed by atoms with Crippen LogP contribution in [0.1, 0.15) is 10.5 Å². The van der Waals surface area contributed by atoms with Crippen molar-refractivity contribution in [1.29, 1.82) is 0 Å². The van der Waals surface area contributed by atoms with Crippen molar-refractivity contribution in [1.82, 2.24) is 20.1 Å². The third-order valence-corrected chi connectivity index (χ3v) is 2.49. The van der Waals surface area contributed by atoms with Crippen molar-refractivity contribution in [2.45, 2.75) is 6.54 Å². The van der Waals surface area contributed by atoms with Gasteiger partial charge in [0.2, 0.25) is 5.91 Å². The van der Waals surface area contributed by atoms with Gasteiger partial charge in [-0.05, 0) is 12.1 Å². The quantitative estimate of drug-likeness (QED) is 0.616. The number of rotatable bonds is 6. The molecule has 0 aromatic carbocycles. The molecule has 0 aliphatic heterocycles. The highest BCUT2D eigenvalue weighted by molar-refractivity contribution is 5.86. The molecule has 0 saturated heterocycles. The predicted octanol–water partition coefficient (Wildman–Crippen LogP) is -0.426. The van der Waals surface area contributed by atoms with E-state index in [-0.39, 0.29) is 30.7 Å². The molecule has 8 nitrogen and oxygen atoms in total. The summed E-state index contributed by atoms with van der Waals surface area (Å²) in [4.78, 5) is 35.1. The first kappa shape index (κ1) is 15.5. The number of amides is 3. The minimum Gasteiger partial charge on any atom is -0.477 e. The molecule has 1 aromatic rings. The maximum Gasteiger partial charge on any atom is 0.352 e. The van der Waals surface area contributed by atoms with E-state index in [4.69, 9.17) is 5.11 Å². The number of hydrogen-bond donors (Lipinski definition) is 3. The molecule has 110 valence electrons. The van der Waals surface area contributed by atoms with E-state index < -0.39 is 5.97 Å². The Labute approximate surface area is 116 Å². The van der Waals surface area contributed by atoms with Crippen molar-refractivity contribution in [2.75, 3.05) is 27.2 Å². The largest absolute Gasteiger partial charge is 0.477 e. The van der Waals surface area contributed by atoms with Crippen molar-refractivity contribution in [3.05, 3.63) is 24.0 Å². The molecular weight excluding hydrogens is 264 g/mol. The lowest BCUT2D eigenvalue weighted by molar-refractivity contribution is -0.121. The van der Waals surface area contributed by atoms with Crippen LogP contribution >= 0.6 is 0 Å². The molecule has 1 aromatic heterocycles. The van der Waals surface area contributed by atoms with Crippen molar-refractivity contribution in [3.8, 4) is 0 Å². The van der Waals surface area contributed by atoms with E-state index in [0.29, 0.717) is 6.54 Å². The van der Waals surface area contributed by atoms with E-state index in [2.05, 4.69) is 10.6 Å². The Bertz CT molecular complexity index is 495. The standard InChI is InChI=1S/C12H18N4O4/c1-15(2)12(20)14-6-5-13-10(17)8-16-7-3-4-9(16)11(18)19/h3-4,7H,5-6,8H2,1-2H3,(H,13,17)(H,14,20)(H,18,19). The average molecular weight is 282 g/mol. The molecule has 20 heavy (non-hydrogen) atoms. The van der Waals surface area contributed by atoms with Crippen molar-refractivity contribution in [2.24, 2.45) is 0 Å². The van der Waals surface area contributed by atoms with Crippen molar-refractivity contribution >= 4 is 17.9 Å². The second kappa shape index (κ2) is 7.17. The number of carboxylic acid groups (broad SMARTS) is 1. The van der Waals surface area contributed by atoms with Gasteiger partial charge in [-0.3, -0.25) is 4.79 Å². The zero-order valence-corrected chi connectivity index (χ0v) is 11.4. The summed E-state index contributed by atoms with van der Waals surface area (Å²) in [5.41, 5.74) is 0.0565. The molecule has 0 atom stereocenters. The summed E-state index contributed by atoms with van der Waals surface area (Å²) in [5, 5.41) is 14.1. The third kappa shape index (κ3) is 4.63. The Morgan fingerprint density at radius 1 is 1.25 bits per heavy atom. The number of aromatic nitrogens is 1. The van der Waals surface area contributed by atoms with E-state index in [0.717, 1.165) is 0 Å². The summed E-state index contributed by atoms with van der Waals surface area (Å²) < 4.78 is 1.34. The number of nitrogens with zero attached hydrogens (tertiary/aromatic N) is 2. The summed E-state index contributed by atoms with van der Waals surface area (Å²) in [5.74, 6) is -1.40. The first-order valence-electron chi connectivity index (χ1n) is 6.02. The molecule has 0 aliphatic carbocycles. The summed E-state index contributed by atoms with van der Waals surface area (Å²) in [6, 6.07) is 2.75. The van der Waals surface area contributed by atoms with Gasteiger partial charge in [0.25, 0.3) is 0 Å². The van der Waals surface area contributed by atoms with Gasteiger partial charge in [-0.15, -0.1) is 0 Å². The molecule has 0 aliphatic rings. The van der Waals surface area contributed by atoms with E-state index >= 15 is 0 Å². The monoisotopic (exact) mass is 282 g/mol. The van der Waals surface area contributed by atoms with E-state index in [1.54, 1.807) is 20.2 Å².